The predicted octanol–water partition coefficient (Wildman–Crippen LogP) is 3.23. The van der Waals surface area contributed by atoms with E-state index in [0.717, 1.165) is 18.7 Å². The fraction of sp³-hybridized carbons (Fsp3) is 0.467. The van der Waals surface area contributed by atoms with Crippen LogP contribution in [-0.2, 0) is 16.6 Å². The fourth-order valence-electron chi connectivity index (χ4n) is 3.15. The Hall–Kier alpha value is -1.15. The number of halogens is 2. The Balaban J connectivity index is 1.69. The van der Waals surface area contributed by atoms with Crippen molar-refractivity contribution in [3.63, 3.8) is 0 Å². The van der Waals surface area contributed by atoms with E-state index in [1.54, 1.807) is 0 Å². The highest BCUT2D eigenvalue weighted by Gasteiger charge is 2.38. The summed E-state index contributed by atoms with van der Waals surface area (Å²) in [6, 6.07) is 4.40. The SMILES string of the molecule is C[C@H]1CN(S(=O)(=O)c2ccc(Cl)cc2Cl)Cc2nnc(C3CC3)n21. The molecule has 0 amide bonds. The van der Waals surface area contributed by atoms with Crippen LogP contribution in [0, 0.1) is 0 Å². The standard InChI is InChI=1S/C15H16Cl2N4O2S/c1-9-7-20(8-14-18-19-15(21(9)14)10-2-3-10)24(22,23)13-5-4-11(16)6-12(13)17/h4-6,9-10H,2-3,7-8H2,1H3/t9-/m0/s1. The van der Waals surface area contributed by atoms with Gasteiger partial charge in [-0.05, 0) is 38.0 Å². The first kappa shape index (κ1) is 16.3. The van der Waals surface area contributed by atoms with Crippen molar-refractivity contribution >= 4 is 33.2 Å². The molecule has 1 aliphatic heterocycles. The smallest absolute Gasteiger partial charge is 0.245 e. The van der Waals surface area contributed by atoms with Gasteiger partial charge in [-0.25, -0.2) is 8.42 Å². The fourth-order valence-corrected chi connectivity index (χ4v) is 5.37. The molecule has 0 saturated heterocycles. The van der Waals surface area contributed by atoms with Crippen LogP contribution in [-0.4, -0.2) is 34.0 Å². The second kappa shape index (κ2) is 5.69. The van der Waals surface area contributed by atoms with Crippen molar-refractivity contribution in [2.24, 2.45) is 0 Å². The van der Waals surface area contributed by atoms with Crippen LogP contribution >= 0.6 is 23.2 Å². The van der Waals surface area contributed by atoms with Crippen molar-refractivity contribution in [1.29, 1.82) is 0 Å². The lowest BCUT2D eigenvalue weighted by molar-refractivity contribution is 0.287. The Morgan fingerprint density at radius 1 is 1.21 bits per heavy atom. The molecule has 0 spiro atoms. The first-order valence-electron chi connectivity index (χ1n) is 7.77. The van der Waals surface area contributed by atoms with E-state index in [1.807, 2.05) is 6.92 Å². The first-order valence-corrected chi connectivity index (χ1v) is 9.96. The van der Waals surface area contributed by atoms with Crippen LogP contribution < -0.4 is 0 Å². The van der Waals surface area contributed by atoms with E-state index in [4.69, 9.17) is 23.2 Å². The van der Waals surface area contributed by atoms with Gasteiger partial charge in [0, 0.05) is 23.5 Å². The Morgan fingerprint density at radius 2 is 1.96 bits per heavy atom. The molecular formula is C15H16Cl2N4O2S. The number of hydrogen-bond acceptors (Lipinski definition) is 4. The third-order valence-electron chi connectivity index (χ3n) is 4.47. The maximum Gasteiger partial charge on any atom is 0.245 e. The van der Waals surface area contributed by atoms with Crippen molar-refractivity contribution in [1.82, 2.24) is 19.1 Å². The van der Waals surface area contributed by atoms with Crippen LogP contribution in [0.5, 0.6) is 0 Å². The molecule has 1 atom stereocenters. The summed E-state index contributed by atoms with van der Waals surface area (Å²) in [6.45, 7) is 2.56. The van der Waals surface area contributed by atoms with E-state index < -0.39 is 10.0 Å². The zero-order valence-electron chi connectivity index (χ0n) is 13.0. The monoisotopic (exact) mass is 386 g/mol. The molecule has 9 heteroatoms. The van der Waals surface area contributed by atoms with Crippen LogP contribution in [0.15, 0.2) is 23.1 Å². The summed E-state index contributed by atoms with van der Waals surface area (Å²) in [5.74, 6) is 2.14. The predicted molar refractivity (Wildman–Crippen MR) is 90.8 cm³/mol. The van der Waals surface area contributed by atoms with Gasteiger partial charge in [0.2, 0.25) is 10.0 Å². The third kappa shape index (κ3) is 2.63. The Kier molecular flexibility index (Phi) is 3.87. The van der Waals surface area contributed by atoms with Crippen LogP contribution in [0.25, 0.3) is 0 Å². The Morgan fingerprint density at radius 3 is 2.62 bits per heavy atom. The van der Waals surface area contributed by atoms with Gasteiger partial charge in [-0.2, -0.15) is 4.31 Å². The minimum absolute atomic E-state index is 0.0137. The lowest BCUT2D eigenvalue weighted by atomic mass is 10.2. The summed E-state index contributed by atoms with van der Waals surface area (Å²) in [5, 5.41) is 9.02. The summed E-state index contributed by atoms with van der Waals surface area (Å²) < 4.78 is 29.4. The molecule has 2 aliphatic rings. The molecule has 2 heterocycles. The van der Waals surface area contributed by atoms with Gasteiger partial charge < -0.3 is 4.57 Å². The molecule has 0 bridgehead atoms. The number of hydrogen-bond donors (Lipinski definition) is 0. The molecule has 2 aromatic rings. The molecule has 1 fully saturated rings. The number of nitrogens with zero attached hydrogens (tertiary/aromatic N) is 4. The minimum Gasteiger partial charge on any atom is -0.309 e. The molecule has 1 aromatic heterocycles. The molecule has 0 N–H and O–H groups in total. The zero-order chi connectivity index (χ0) is 17.1. The summed E-state index contributed by atoms with van der Waals surface area (Å²) in [5.41, 5.74) is 0. The molecule has 1 aromatic carbocycles. The van der Waals surface area contributed by atoms with Gasteiger partial charge >= 0.3 is 0 Å². The average molecular weight is 387 g/mol. The summed E-state index contributed by atoms with van der Waals surface area (Å²) in [7, 11) is -3.72. The van der Waals surface area contributed by atoms with E-state index >= 15 is 0 Å². The molecule has 0 radical (unpaired) electrons. The quantitative estimate of drug-likeness (QED) is 0.811. The first-order chi connectivity index (χ1) is 11.4. The maximum absolute atomic E-state index is 13.0. The van der Waals surface area contributed by atoms with Gasteiger partial charge in [0.15, 0.2) is 0 Å². The van der Waals surface area contributed by atoms with Gasteiger partial charge in [0.05, 0.1) is 11.6 Å². The summed E-state index contributed by atoms with van der Waals surface area (Å²) in [6.07, 6.45) is 2.26. The Labute approximate surface area is 150 Å². The van der Waals surface area contributed by atoms with Crippen LogP contribution in [0.4, 0.5) is 0 Å². The van der Waals surface area contributed by atoms with Gasteiger partial charge in [0.1, 0.15) is 16.5 Å². The van der Waals surface area contributed by atoms with Crippen molar-refractivity contribution in [2.75, 3.05) is 6.54 Å². The third-order valence-corrected chi connectivity index (χ3v) is 7.00. The summed E-state index contributed by atoms with van der Waals surface area (Å²) >= 11 is 12.0. The zero-order valence-corrected chi connectivity index (χ0v) is 15.3. The lowest BCUT2D eigenvalue weighted by Gasteiger charge is -2.32. The van der Waals surface area contributed by atoms with Crippen LogP contribution in [0.2, 0.25) is 10.0 Å². The van der Waals surface area contributed by atoms with E-state index in [-0.39, 0.29) is 22.5 Å². The van der Waals surface area contributed by atoms with E-state index in [0.29, 0.717) is 23.3 Å². The molecule has 24 heavy (non-hydrogen) atoms. The molecule has 6 nitrogen and oxygen atoms in total. The largest absolute Gasteiger partial charge is 0.309 e. The number of fused-ring (bicyclic) bond motifs is 1. The summed E-state index contributed by atoms with van der Waals surface area (Å²) in [4.78, 5) is 0.0659. The molecule has 1 saturated carbocycles. The topological polar surface area (TPSA) is 68.1 Å². The van der Waals surface area contributed by atoms with Gasteiger partial charge in [0.25, 0.3) is 0 Å². The molecule has 0 unspecified atom stereocenters. The van der Waals surface area contributed by atoms with Gasteiger partial charge in [-0.15, -0.1) is 10.2 Å². The number of rotatable bonds is 3. The maximum atomic E-state index is 13.0. The van der Waals surface area contributed by atoms with Crippen molar-refractivity contribution in [2.45, 2.75) is 43.2 Å². The molecule has 1 aliphatic carbocycles. The van der Waals surface area contributed by atoms with Gasteiger partial charge in [-0.1, -0.05) is 23.2 Å². The Bertz CT molecular complexity index is 908. The molecular weight excluding hydrogens is 371 g/mol. The lowest BCUT2D eigenvalue weighted by Crippen LogP contribution is -2.40. The van der Waals surface area contributed by atoms with Crippen molar-refractivity contribution in [3.05, 3.63) is 39.9 Å². The van der Waals surface area contributed by atoms with Gasteiger partial charge in [-0.3, -0.25) is 0 Å². The van der Waals surface area contributed by atoms with E-state index in [9.17, 15) is 8.42 Å². The number of aromatic nitrogens is 3. The normalized spacial score (nSPS) is 21.7. The van der Waals surface area contributed by atoms with Crippen LogP contribution in [0.1, 0.15) is 43.4 Å². The van der Waals surface area contributed by atoms with E-state index in [2.05, 4.69) is 14.8 Å². The number of sulfonamides is 1. The molecule has 4 rings (SSSR count). The highest BCUT2D eigenvalue weighted by atomic mass is 35.5. The molecule has 128 valence electrons. The highest BCUT2D eigenvalue weighted by Crippen LogP contribution is 2.41. The minimum atomic E-state index is -3.72. The number of benzene rings is 1. The van der Waals surface area contributed by atoms with Crippen molar-refractivity contribution in [3.8, 4) is 0 Å². The average Bonchev–Trinajstić information content (AvgIpc) is 3.26. The second-order valence-corrected chi connectivity index (χ2v) is 9.09. The van der Waals surface area contributed by atoms with E-state index in [1.165, 1.54) is 22.5 Å². The highest BCUT2D eigenvalue weighted by molar-refractivity contribution is 7.89. The van der Waals surface area contributed by atoms with Crippen molar-refractivity contribution < 1.29 is 8.42 Å². The van der Waals surface area contributed by atoms with Crippen LogP contribution in [0.3, 0.4) is 0 Å². The second-order valence-electron chi connectivity index (χ2n) is 6.34.